The summed E-state index contributed by atoms with van der Waals surface area (Å²) in [6, 6.07) is -0.205. The highest BCUT2D eigenvalue weighted by Crippen LogP contribution is 2.26. The molecule has 0 heterocycles. The lowest BCUT2D eigenvalue weighted by molar-refractivity contribution is -0.143. The van der Waals surface area contributed by atoms with E-state index in [2.05, 4.69) is 23.6 Å². The summed E-state index contributed by atoms with van der Waals surface area (Å²) in [5, 5.41) is 0. The van der Waals surface area contributed by atoms with Crippen molar-refractivity contribution in [3.8, 4) is 0 Å². The molecule has 1 aliphatic carbocycles. The van der Waals surface area contributed by atoms with E-state index in [1.165, 1.54) is 30.6 Å². The molecule has 0 atom stereocenters. The molecular weight excluding hydrogens is 406 g/mol. The standard InChI is InChI=1S/C21H43N3O5S/c1-5-7-8-15-23(4)16-9-10-17-29-20-13-11-19(12-14-20)24(30(26,27)22-3)18-21(25)28-6-2/h19-20,22H,5-18H2,1-4H3. The van der Waals surface area contributed by atoms with Crippen molar-refractivity contribution in [1.82, 2.24) is 13.9 Å². The molecule has 0 unspecified atom stereocenters. The van der Waals surface area contributed by atoms with Crippen LogP contribution in [0.1, 0.15) is 71.6 Å². The maximum atomic E-state index is 12.4. The fourth-order valence-corrected chi connectivity index (χ4v) is 4.95. The van der Waals surface area contributed by atoms with Crippen molar-refractivity contribution in [2.24, 2.45) is 0 Å². The van der Waals surface area contributed by atoms with Crippen LogP contribution in [0, 0.1) is 0 Å². The second-order valence-corrected chi connectivity index (χ2v) is 9.91. The first-order valence-electron chi connectivity index (χ1n) is 11.5. The number of unbranched alkanes of at least 4 members (excludes halogenated alkanes) is 3. The Morgan fingerprint density at radius 3 is 2.23 bits per heavy atom. The van der Waals surface area contributed by atoms with Gasteiger partial charge in [-0.05, 0) is 72.0 Å². The van der Waals surface area contributed by atoms with Gasteiger partial charge in [0.15, 0.2) is 0 Å². The van der Waals surface area contributed by atoms with E-state index in [-0.39, 0.29) is 25.3 Å². The highest BCUT2D eigenvalue weighted by Gasteiger charge is 2.34. The van der Waals surface area contributed by atoms with Crippen LogP contribution < -0.4 is 4.72 Å². The van der Waals surface area contributed by atoms with Gasteiger partial charge in [-0.25, -0.2) is 4.72 Å². The van der Waals surface area contributed by atoms with Crippen molar-refractivity contribution in [2.75, 3.05) is 46.9 Å². The molecule has 0 spiro atoms. The number of esters is 1. The third-order valence-corrected chi connectivity index (χ3v) is 7.20. The van der Waals surface area contributed by atoms with Crippen molar-refractivity contribution in [3.63, 3.8) is 0 Å². The smallest absolute Gasteiger partial charge is 0.321 e. The summed E-state index contributed by atoms with van der Waals surface area (Å²) in [4.78, 5) is 14.3. The predicted molar refractivity (Wildman–Crippen MR) is 120 cm³/mol. The monoisotopic (exact) mass is 449 g/mol. The van der Waals surface area contributed by atoms with Gasteiger partial charge < -0.3 is 14.4 Å². The van der Waals surface area contributed by atoms with Gasteiger partial charge in [-0.15, -0.1) is 0 Å². The molecule has 0 aromatic heterocycles. The molecule has 0 radical (unpaired) electrons. The van der Waals surface area contributed by atoms with E-state index in [4.69, 9.17) is 9.47 Å². The van der Waals surface area contributed by atoms with Crippen LogP contribution in [0.25, 0.3) is 0 Å². The Morgan fingerprint density at radius 2 is 1.67 bits per heavy atom. The Bertz CT molecular complexity index is 565. The number of ether oxygens (including phenoxy) is 2. The summed E-state index contributed by atoms with van der Waals surface area (Å²) in [6.07, 6.45) is 9.14. The molecule has 1 N–H and O–H groups in total. The summed E-state index contributed by atoms with van der Waals surface area (Å²) in [5.74, 6) is -0.519. The normalized spacial score (nSPS) is 20.1. The number of nitrogens with zero attached hydrogens (tertiary/aromatic N) is 2. The Balaban J connectivity index is 2.32. The van der Waals surface area contributed by atoms with E-state index in [1.54, 1.807) is 6.92 Å². The molecule has 0 bridgehead atoms. The molecule has 30 heavy (non-hydrogen) atoms. The number of hydrogen-bond acceptors (Lipinski definition) is 6. The Kier molecular flexibility index (Phi) is 13.8. The molecule has 1 aliphatic rings. The maximum Gasteiger partial charge on any atom is 0.321 e. The number of nitrogens with one attached hydrogen (secondary N) is 1. The van der Waals surface area contributed by atoms with E-state index in [0.29, 0.717) is 12.8 Å². The number of hydrogen-bond donors (Lipinski definition) is 1. The minimum absolute atomic E-state index is 0.172. The van der Waals surface area contributed by atoms with Crippen LogP contribution >= 0.6 is 0 Å². The number of rotatable bonds is 16. The topological polar surface area (TPSA) is 88.2 Å². The molecule has 0 aliphatic heterocycles. The molecule has 1 saturated carbocycles. The number of carbonyl (C=O) groups excluding carboxylic acids is 1. The molecule has 0 amide bonds. The highest BCUT2D eigenvalue weighted by molar-refractivity contribution is 7.87. The first-order valence-corrected chi connectivity index (χ1v) is 12.9. The Hall–Kier alpha value is -0.740. The fourth-order valence-electron chi connectivity index (χ4n) is 3.84. The van der Waals surface area contributed by atoms with Gasteiger partial charge in [-0.1, -0.05) is 19.8 Å². The SMILES string of the molecule is CCCCCN(C)CCCCOC1CCC(N(CC(=O)OCC)S(=O)(=O)NC)CC1. The zero-order chi connectivity index (χ0) is 22.4. The van der Waals surface area contributed by atoms with Crippen LogP contribution in [-0.2, 0) is 24.5 Å². The molecule has 0 aromatic carbocycles. The second-order valence-electron chi connectivity index (χ2n) is 8.08. The van der Waals surface area contributed by atoms with E-state index in [9.17, 15) is 13.2 Å². The molecule has 1 fully saturated rings. The van der Waals surface area contributed by atoms with Gasteiger partial charge in [0.05, 0.1) is 12.7 Å². The van der Waals surface area contributed by atoms with Crippen molar-refractivity contribution in [1.29, 1.82) is 0 Å². The lowest BCUT2D eigenvalue weighted by Gasteiger charge is -2.35. The van der Waals surface area contributed by atoms with Crippen LogP contribution in [0.3, 0.4) is 0 Å². The second kappa shape index (κ2) is 15.1. The van der Waals surface area contributed by atoms with Crippen LogP contribution in [0.4, 0.5) is 0 Å². The van der Waals surface area contributed by atoms with Crippen molar-refractivity contribution in [2.45, 2.75) is 83.8 Å². The van der Waals surface area contributed by atoms with Gasteiger partial charge in [0.25, 0.3) is 10.2 Å². The lowest BCUT2D eigenvalue weighted by Crippen LogP contribution is -2.49. The average molecular weight is 450 g/mol. The van der Waals surface area contributed by atoms with Gasteiger partial charge in [-0.3, -0.25) is 4.79 Å². The fraction of sp³-hybridized carbons (Fsp3) is 0.952. The third-order valence-electron chi connectivity index (χ3n) is 5.64. The quantitative estimate of drug-likeness (QED) is 0.288. The summed E-state index contributed by atoms with van der Waals surface area (Å²) in [5.41, 5.74) is 0. The molecule has 1 rings (SSSR count). The Labute approximate surface area is 183 Å². The first-order chi connectivity index (χ1) is 14.3. The van der Waals surface area contributed by atoms with E-state index < -0.39 is 16.2 Å². The van der Waals surface area contributed by atoms with Crippen LogP contribution in [0.15, 0.2) is 0 Å². The zero-order valence-corrected chi connectivity index (χ0v) is 20.2. The summed E-state index contributed by atoms with van der Waals surface area (Å²) in [6.45, 7) is 6.94. The summed E-state index contributed by atoms with van der Waals surface area (Å²) >= 11 is 0. The molecule has 0 aromatic rings. The van der Waals surface area contributed by atoms with E-state index >= 15 is 0 Å². The maximum absolute atomic E-state index is 12.4. The molecule has 178 valence electrons. The van der Waals surface area contributed by atoms with Gasteiger partial charge in [0, 0.05) is 19.7 Å². The van der Waals surface area contributed by atoms with Crippen molar-refractivity contribution >= 4 is 16.2 Å². The van der Waals surface area contributed by atoms with Crippen molar-refractivity contribution in [3.05, 3.63) is 0 Å². The van der Waals surface area contributed by atoms with Gasteiger partial charge in [0.2, 0.25) is 0 Å². The minimum Gasteiger partial charge on any atom is -0.465 e. The zero-order valence-electron chi connectivity index (χ0n) is 19.4. The van der Waals surface area contributed by atoms with Gasteiger partial charge in [-0.2, -0.15) is 12.7 Å². The Morgan fingerprint density at radius 1 is 1.03 bits per heavy atom. The summed E-state index contributed by atoms with van der Waals surface area (Å²) < 4.78 is 39.3. The predicted octanol–water partition coefficient (Wildman–Crippen LogP) is 2.55. The highest BCUT2D eigenvalue weighted by atomic mass is 32.2. The first kappa shape index (κ1) is 27.3. The van der Waals surface area contributed by atoms with Crippen LogP contribution in [-0.4, -0.2) is 82.7 Å². The van der Waals surface area contributed by atoms with Crippen LogP contribution in [0.5, 0.6) is 0 Å². The lowest BCUT2D eigenvalue weighted by atomic mass is 9.93. The minimum atomic E-state index is -3.69. The number of carbonyl (C=O) groups is 1. The average Bonchev–Trinajstić information content (AvgIpc) is 2.72. The molecular formula is C21H43N3O5S. The van der Waals surface area contributed by atoms with E-state index in [1.807, 2.05) is 0 Å². The molecule has 9 heteroatoms. The van der Waals surface area contributed by atoms with Gasteiger partial charge in [0.1, 0.15) is 6.54 Å². The van der Waals surface area contributed by atoms with Crippen LogP contribution in [0.2, 0.25) is 0 Å². The summed E-state index contributed by atoms with van der Waals surface area (Å²) in [7, 11) is -0.151. The van der Waals surface area contributed by atoms with Gasteiger partial charge >= 0.3 is 5.97 Å². The third kappa shape index (κ3) is 10.5. The molecule has 8 nitrogen and oxygen atoms in total. The van der Waals surface area contributed by atoms with Crippen molar-refractivity contribution < 1.29 is 22.7 Å². The largest absolute Gasteiger partial charge is 0.465 e. The van der Waals surface area contributed by atoms with E-state index in [0.717, 1.165) is 45.4 Å². The molecule has 0 saturated heterocycles.